The van der Waals surface area contributed by atoms with Gasteiger partial charge in [-0.25, -0.2) is 4.98 Å². The first kappa shape index (κ1) is 16.4. The van der Waals surface area contributed by atoms with Crippen LogP contribution in [0.4, 0.5) is 0 Å². The van der Waals surface area contributed by atoms with Gasteiger partial charge in [0.25, 0.3) is 0 Å². The van der Waals surface area contributed by atoms with Crippen molar-refractivity contribution >= 4 is 44.5 Å². The van der Waals surface area contributed by atoms with Crippen molar-refractivity contribution < 1.29 is 4.79 Å². The SMILES string of the molecule is CN(Cc1ccccc1Br)C(=O)Cc1csc(-c2cccs2)n1. The molecule has 2 heterocycles. The highest BCUT2D eigenvalue weighted by atomic mass is 79.9. The third-order valence-electron chi connectivity index (χ3n) is 3.41. The summed E-state index contributed by atoms with van der Waals surface area (Å²) in [6, 6.07) is 12.0. The number of benzene rings is 1. The van der Waals surface area contributed by atoms with Crippen LogP contribution in [0.15, 0.2) is 51.6 Å². The molecule has 0 spiro atoms. The molecule has 3 nitrogen and oxygen atoms in total. The Morgan fingerprint density at radius 2 is 2.04 bits per heavy atom. The summed E-state index contributed by atoms with van der Waals surface area (Å²) >= 11 is 6.77. The molecule has 3 rings (SSSR count). The Hall–Kier alpha value is -1.50. The summed E-state index contributed by atoms with van der Waals surface area (Å²) in [6.07, 6.45) is 0.336. The standard InChI is InChI=1S/C17H15BrN2OS2/c1-20(10-12-5-2-3-6-14(12)18)16(21)9-13-11-23-17(19-13)15-7-4-8-22-15/h2-8,11H,9-10H2,1H3. The molecule has 118 valence electrons. The smallest absolute Gasteiger partial charge is 0.228 e. The molecular formula is C17H15BrN2OS2. The summed E-state index contributed by atoms with van der Waals surface area (Å²) in [5.41, 5.74) is 1.93. The van der Waals surface area contributed by atoms with Gasteiger partial charge in [0.15, 0.2) is 0 Å². The first-order valence-corrected chi connectivity index (χ1v) is 9.64. The number of thiophene rings is 1. The summed E-state index contributed by atoms with van der Waals surface area (Å²) in [6.45, 7) is 0.585. The summed E-state index contributed by atoms with van der Waals surface area (Å²) in [5.74, 6) is 0.0729. The van der Waals surface area contributed by atoms with E-state index in [4.69, 9.17) is 0 Å². The number of nitrogens with zero attached hydrogens (tertiary/aromatic N) is 2. The van der Waals surface area contributed by atoms with E-state index < -0.39 is 0 Å². The zero-order valence-corrected chi connectivity index (χ0v) is 15.7. The maximum Gasteiger partial charge on any atom is 0.228 e. The molecule has 0 fully saturated rings. The molecule has 0 unspecified atom stereocenters. The molecule has 0 aliphatic rings. The fourth-order valence-corrected chi connectivity index (χ4v) is 4.21. The fourth-order valence-electron chi connectivity index (χ4n) is 2.16. The van der Waals surface area contributed by atoms with Crippen LogP contribution in [0.1, 0.15) is 11.3 Å². The van der Waals surface area contributed by atoms with E-state index >= 15 is 0 Å². The van der Waals surface area contributed by atoms with E-state index in [0.29, 0.717) is 13.0 Å². The summed E-state index contributed by atoms with van der Waals surface area (Å²) in [7, 11) is 1.83. The van der Waals surface area contributed by atoms with Gasteiger partial charge in [-0.2, -0.15) is 0 Å². The quantitative estimate of drug-likeness (QED) is 0.607. The second-order valence-electron chi connectivity index (χ2n) is 5.14. The Morgan fingerprint density at radius 1 is 1.22 bits per heavy atom. The van der Waals surface area contributed by atoms with E-state index in [1.165, 1.54) is 0 Å². The minimum absolute atomic E-state index is 0.0729. The Kier molecular flexibility index (Phi) is 5.25. The van der Waals surface area contributed by atoms with Gasteiger partial charge in [-0.05, 0) is 23.1 Å². The Labute approximate surface area is 151 Å². The summed E-state index contributed by atoms with van der Waals surface area (Å²) < 4.78 is 1.02. The van der Waals surface area contributed by atoms with Crippen LogP contribution in [0.3, 0.4) is 0 Å². The van der Waals surface area contributed by atoms with Crippen molar-refractivity contribution in [3.05, 3.63) is 62.9 Å². The van der Waals surface area contributed by atoms with Gasteiger partial charge in [0.2, 0.25) is 5.91 Å². The molecule has 0 saturated heterocycles. The molecule has 0 aliphatic carbocycles. The molecule has 0 radical (unpaired) electrons. The van der Waals surface area contributed by atoms with Crippen molar-refractivity contribution in [2.45, 2.75) is 13.0 Å². The molecule has 0 N–H and O–H groups in total. The maximum atomic E-state index is 12.4. The fraction of sp³-hybridized carbons (Fsp3) is 0.176. The van der Waals surface area contributed by atoms with Crippen molar-refractivity contribution in [3.8, 4) is 9.88 Å². The van der Waals surface area contributed by atoms with Gasteiger partial charge in [-0.1, -0.05) is 40.2 Å². The molecule has 0 saturated carbocycles. The predicted octanol–water partition coefficient (Wildman–Crippen LogP) is 4.84. The summed E-state index contributed by atoms with van der Waals surface area (Å²) in [5, 5.41) is 4.99. The number of amides is 1. The number of halogens is 1. The van der Waals surface area contributed by atoms with Crippen molar-refractivity contribution in [2.24, 2.45) is 0 Å². The minimum Gasteiger partial charge on any atom is -0.341 e. The van der Waals surface area contributed by atoms with E-state index in [9.17, 15) is 4.79 Å². The minimum atomic E-state index is 0.0729. The normalized spacial score (nSPS) is 10.7. The van der Waals surface area contributed by atoms with Gasteiger partial charge in [0.1, 0.15) is 5.01 Å². The third-order valence-corrected chi connectivity index (χ3v) is 6.11. The van der Waals surface area contributed by atoms with Crippen molar-refractivity contribution in [2.75, 3.05) is 7.05 Å². The van der Waals surface area contributed by atoms with Crippen LogP contribution in [0.2, 0.25) is 0 Å². The molecular weight excluding hydrogens is 392 g/mol. The second-order valence-corrected chi connectivity index (χ2v) is 7.80. The Bertz CT molecular complexity index is 799. The third kappa shape index (κ3) is 4.07. The van der Waals surface area contributed by atoms with Gasteiger partial charge in [-0.15, -0.1) is 22.7 Å². The van der Waals surface area contributed by atoms with E-state index in [2.05, 4.69) is 20.9 Å². The highest BCUT2D eigenvalue weighted by molar-refractivity contribution is 9.10. The Morgan fingerprint density at radius 3 is 2.78 bits per heavy atom. The van der Waals surface area contributed by atoms with Gasteiger partial charge in [-0.3, -0.25) is 4.79 Å². The number of carbonyl (C=O) groups excluding carboxylic acids is 1. The first-order chi connectivity index (χ1) is 11.1. The van der Waals surface area contributed by atoms with Gasteiger partial charge >= 0.3 is 0 Å². The second kappa shape index (κ2) is 7.38. The molecule has 6 heteroatoms. The number of carbonyl (C=O) groups is 1. The van der Waals surface area contributed by atoms with E-state index in [-0.39, 0.29) is 5.91 Å². The summed E-state index contributed by atoms with van der Waals surface area (Å²) in [4.78, 5) is 19.9. The molecule has 3 aromatic rings. The van der Waals surface area contributed by atoms with Crippen LogP contribution < -0.4 is 0 Å². The number of rotatable bonds is 5. The van der Waals surface area contributed by atoms with Crippen molar-refractivity contribution in [1.29, 1.82) is 0 Å². The van der Waals surface area contributed by atoms with Crippen LogP contribution >= 0.6 is 38.6 Å². The zero-order valence-electron chi connectivity index (χ0n) is 12.5. The molecule has 2 aromatic heterocycles. The van der Waals surface area contributed by atoms with Crippen LogP contribution in [0.5, 0.6) is 0 Å². The molecule has 0 atom stereocenters. The molecule has 23 heavy (non-hydrogen) atoms. The zero-order chi connectivity index (χ0) is 16.2. The van der Waals surface area contributed by atoms with Gasteiger partial charge < -0.3 is 4.90 Å². The van der Waals surface area contributed by atoms with E-state index in [1.807, 2.05) is 54.2 Å². The molecule has 1 aromatic carbocycles. The number of thiazole rings is 1. The number of aromatic nitrogens is 1. The number of likely N-dealkylation sites (N-methyl/N-ethyl adjacent to an activating group) is 1. The van der Waals surface area contributed by atoms with Crippen LogP contribution in [-0.2, 0) is 17.8 Å². The van der Waals surface area contributed by atoms with E-state index in [0.717, 1.165) is 25.6 Å². The predicted molar refractivity (Wildman–Crippen MR) is 99.7 cm³/mol. The molecule has 0 aliphatic heterocycles. The van der Waals surface area contributed by atoms with Gasteiger partial charge in [0.05, 0.1) is 17.0 Å². The Balaban J connectivity index is 1.64. The lowest BCUT2D eigenvalue weighted by Gasteiger charge is -2.17. The largest absolute Gasteiger partial charge is 0.341 e. The van der Waals surface area contributed by atoms with Crippen molar-refractivity contribution in [3.63, 3.8) is 0 Å². The number of hydrogen-bond acceptors (Lipinski definition) is 4. The lowest BCUT2D eigenvalue weighted by molar-refractivity contribution is -0.129. The average Bonchev–Trinajstić information content (AvgIpc) is 3.20. The van der Waals surface area contributed by atoms with Gasteiger partial charge in [0, 0.05) is 23.4 Å². The molecule has 0 bridgehead atoms. The average molecular weight is 407 g/mol. The lowest BCUT2D eigenvalue weighted by atomic mass is 10.2. The number of hydrogen-bond donors (Lipinski definition) is 0. The first-order valence-electron chi connectivity index (χ1n) is 7.09. The van der Waals surface area contributed by atoms with Crippen molar-refractivity contribution in [1.82, 2.24) is 9.88 Å². The van der Waals surface area contributed by atoms with Crippen LogP contribution in [-0.4, -0.2) is 22.8 Å². The highest BCUT2D eigenvalue weighted by Crippen LogP contribution is 2.28. The monoisotopic (exact) mass is 406 g/mol. The van der Waals surface area contributed by atoms with Crippen LogP contribution in [0, 0.1) is 0 Å². The van der Waals surface area contributed by atoms with Crippen LogP contribution in [0.25, 0.3) is 9.88 Å². The van der Waals surface area contributed by atoms with E-state index in [1.54, 1.807) is 27.6 Å². The topological polar surface area (TPSA) is 33.2 Å². The highest BCUT2D eigenvalue weighted by Gasteiger charge is 2.14. The maximum absolute atomic E-state index is 12.4. The molecule has 1 amide bonds. The lowest BCUT2D eigenvalue weighted by Crippen LogP contribution is -2.27.